The van der Waals surface area contributed by atoms with Gasteiger partial charge in [0.05, 0.1) is 5.30 Å². The van der Waals surface area contributed by atoms with E-state index in [1.807, 2.05) is 0 Å². The Labute approximate surface area is 102 Å². The fourth-order valence-corrected chi connectivity index (χ4v) is 2.30. The van der Waals surface area contributed by atoms with E-state index in [-0.39, 0.29) is 5.30 Å². The van der Waals surface area contributed by atoms with E-state index in [4.69, 9.17) is 9.79 Å². The summed E-state index contributed by atoms with van der Waals surface area (Å²) in [6, 6.07) is 6.57. The SMILES string of the molecule is CCCN(CCC)c1ccc(P(=O)(O)O)cc1. The average molecular weight is 257 g/mol. The molecule has 1 aromatic rings. The van der Waals surface area contributed by atoms with Crippen LogP contribution in [0.25, 0.3) is 0 Å². The summed E-state index contributed by atoms with van der Waals surface area (Å²) in [6.45, 7) is 6.16. The van der Waals surface area contributed by atoms with Gasteiger partial charge in [-0.3, -0.25) is 4.57 Å². The average Bonchev–Trinajstić information content (AvgIpc) is 2.28. The quantitative estimate of drug-likeness (QED) is 0.766. The van der Waals surface area contributed by atoms with Gasteiger partial charge in [0.2, 0.25) is 0 Å². The fourth-order valence-electron chi connectivity index (χ4n) is 1.77. The second-order valence-corrected chi connectivity index (χ2v) is 5.65. The summed E-state index contributed by atoms with van der Waals surface area (Å²) >= 11 is 0. The Morgan fingerprint density at radius 2 is 1.53 bits per heavy atom. The minimum Gasteiger partial charge on any atom is -0.372 e. The van der Waals surface area contributed by atoms with Crippen LogP contribution in [0.5, 0.6) is 0 Å². The van der Waals surface area contributed by atoms with Crippen molar-refractivity contribution in [3.05, 3.63) is 24.3 Å². The van der Waals surface area contributed by atoms with Crippen LogP contribution < -0.4 is 10.2 Å². The lowest BCUT2D eigenvalue weighted by Gasteiger charge is -2.24. The normalized spacial score (nSPS) is 11.5. The molecule has 0 aliphatic rings. The zero-order chi connectivity index (χ0) is 12.9. The summed E-state index contributed by atoms with van der Waals surface area (Å²) in [4.78, 5) is 20.3. The highest BCUT2D eigenvalue weighted by atomic mass is 31.2. The maximum Gasteiger partial charge on any atom is 0.356 e. The van der Waals surface area contributed by atoms with Gasteiger partial charge in [-0.1, -0.05) is 13.8 Å². The molecule has 1 rings (SSSR count). The largest absolute Gasteiger partial charge is 0.372 e. The number of anilines is 1. The van der Waals surface area contributed by atoms with Gasteiger partial charge in [0.1, 0.15) is 0 Å². The van der Waals surface area contributed by atoms with E-state index < -0.39 is 7.60 Å². The molecular weight excluding hydrogens is 237 g/mol. The first kappa shape index (κ1) is 14.2. The van der Waals surface area contributed by atoms with Gasteiger partial charge in [-0.2, -0.15) is 0 Å². The molecule has 1 aromatic carbocycles. The molecule has 96 valence electrons. The summed E-state index contributed by atoms with van der Waals surface area (Å²) in [5, 5.41) is 0.0780. The third-order valence-corrected chi connectivity index (χ3v) is 3.51. The highest BCUT2D eigenvalue weighted by Crippen LogP contribution is 2.33. The van der Waals surface area contributed by atoms with Crippen molar-refractivity contribution in [3.8, 4) is 0 Å². The molecule has 17 heavy (non-hydrogen) atoms. The third-order valence-electron chi connectivity index (χ3n) is 2.54. The van der Waals surface area contributed by atoms with Crippen LogP contribution in [0.15, 0.2) is 24.3 Å². The Kier molecular flexibility index (Phi) is 5.19. The first-order valence-electron chi connectivity index (χ1n) is 5.90. The van der Waals surface area contributed by atoms with Gasteiger partial charge in [0.25, 0.3) is 0 Å². The highest BCUT2D eigenvalue weighted by Gasteiger charge is 2.16. The molecule has 0 bridgehead atoms. The van der Waals surface area contributed by atoms with Crippen LogP contribution in [0.2, 0.25) is 0 Å². The molecule has 0 unspecified atom stereocenters. The lowest BCUT2D eigenvalue weighted by Crippen LogP contribution is -2.25. The van der Waals surface area contributed by atoms with Crippen molar-refractivity contribution in [2.75, 3.05) is 18.0 Å². The van der Waals surface area contributed by atoms with Crippen LogP contribution in [0.4, 0.5) is 5.69 Å². The van der Waals surface area contributed by atoms with Crippen molar-refractivity contribution in [3.63, 3.8) is 0 Å². The zero-order valence-corrected chi connectivity index (χ0v) is 11.2. The molecule has 0 fully saturated rings. The van der Waals surface area contributed by atoms with Gasteiger partial charge in [-0.25, -0.2) is 0 Å². The minimum atomic E-state index is -4.12. The topological polar surface area (TPSA) is 60.8 Å². The molecule has 0 spiro atoms. The maximum atomic E-state index is 11.0. The molecule has 0 saturated heterocycles. The van der Waals surface area contributed by atoms with E-state index >= 15 is 0 Å². The molecule has 0 aliphatic heterocycles. The molecule has 0 amide bonds. The number of nitrogens with zero attached hydrogens (tertiary/aromatic N) is 1. The first-order chi connectivity index (χ1) is 7.99. The van der Waals surface area contributed by atoms with Crippen LogP contribution in [0.3, 0.4) is 0 Å². The lowest BCUT2D eigenvalue weighted by atomic mass is 10.2. The molecule has 2 N–H and O–H groups in total. The van der Waals surface area contributed by atoms with E-state index in [0.717, 1.165) is 31.6 Å². The lowest BCUT2D eigenvalue weighted by molar-refractivity contribution is 0.387. The zero-order valence-electron chi connectivity index (χ0n) is 10.3. The Morgan fingerprint density at radius 3 is 1.88 bits per heavy atom. The Balaban J connectivity index is 2.88. The van der Waals surface area contributed by atoms with E-state index in [2.05, 4.69) is 18.7 Å². The fraction of sp³-hybridized carbons (Fsp3) is 0.500. The minimum absolute atomic E-state index is 0.0780. The predicted octanol–water partition coefficient (Wildman–Crippen LogP) is 2.12. The van der Waals surface area contributed by atoms with Gasteiger partial charge < -0.3 is 14.7 Å². The van der Waals surface area contributed by atoms with Crippen molar-refractivity contribution in [1.82, 2.24) is 0 Å². The monoisotopic (exact) mass is 257 g/mol. The summed E-state index contributed by atoms with van der Waals surface area (Å²) in [6.07, 6.45) is 2.11. The van der Waals surface area contributed by atoms with Crippen LogP contribution in [0.1, 0.15) is 26.7 Å². The van der Waals surface area contributed by atoms with Crippen LogP contribution in [0, 0.1) is 0 Å². The molecule has 5 heteroatoms. The highest BCUT2D eigenvalue weighted by molar-refractivity contribution is 7.60. The second kappa shape index (κ2) is 6.20. The molecule has 0 atom stereocenters. The van der Waals surface area contributed by atoms with Gasteiger partial charge in [-0.15, -0.1) is 0 Å². The second-order valence-electron chi connectivity index (χ2n) is 4.05. The number of rotatable bonds is 6. The van der Waals surface area contributed by atoms with Gasteiger partial charge in [0.15, 0.2) is 0 Å². The molecule has 0 saturated carbocycles. The number of hydrogen-bond acceptors (Lipinski definition) is 2. The van der Waals surface area contributed by atoms with E-state index in [1.54, 1.807) is 12.1 Å². The Bertz CT molecular complexity index is 379. The third kappa shape index (κ3) is 4.15. The summed E-state index contributed by atoms with van der Waals surface area (Å²) in [5.74, 6) is 0. The molecule has 4 nitrogen and oxygen atoms in total. The van der Waals surface area contributed by atoms with Crippen molar-refractivity contribution in [2.24, 2.45) is 0 Å². The molecular formula is C12H20NO3P. The summed E-state index contributed by atoms with van der Waals surface area (Å²) < 4.78 is 11.0. The van der Waals surface area contributed by atoms with Crippen LogP contribution in [-0.4, -0.2) is 22.9 Å². The summed E-state index contributed by atoms with van der Waals surface area (Å²) in [5.41, 5.74) is 1.02. The smallest absolute Gasteiger partial charge is 0.356 e. The van der Waals surface area contributed by atoms with Crippen molar-refractivity contribution in [1.29, 1.82) is 0 Å². The molecule has 0 radical (unpaired) electrons. The standard InChI is InChI=1S/C12H20NO3P/c1-3-9-13(10-4-2)11-5-7-12(8-6-11)17(14,15)16/h5-8H,3-4,9-10H2,1-2H3,(H2,14,15,16). The first-order valence-corrected chi connectivity index (χ1v) is 7.51. The van der Waals surface area contributed by atoms with Gasteiger partial charge in [-0.05, 0) is 37.1 Å². The van der Waals surface area contributed by atoms with E-state index in [0.29, 0.717) is 0 Å². The van der Waals surface area contributed by atoms with E-state index in [1.165, 1.54) is 12.1 Å². The number of hydrogen-bond donors (Lipinski definition) is 2. The van der Waals surface area contributed by atoms with E-state index in [9.17, 15) is 4.57 Å². The molecule has 0 aromatic heterocycles. The van der Waals surface area contributed by atoms with Gasteiger partial charge in [0, 0.05) is 18.8 Å². The van der Waals surface area contributed by atoms with Crippen molar-refractivity contribution < 1.29 is 14.4 Å². The van der Waals surface area contributed by atoms with Crippen molar-refractivity contribution in [2.45, 2.75) is 26.7 Å². The predicted molar refractivity (Wildman–Crippen MR) is 70.9 cm³/mol. The van der Waals surface area contributed by atoms with Crippen LogP contribution in [-0.2, 0) is 4.57 Å². The van der Waals surface area contributed by atoms with Crippen molar-refractivity contribution >= 4 is 18.6 Å². The molecule has 0 aliphatic carbocycles. The van der Waals surface area contributed by atoms with Crippen LogP contribution >= 0.6 is 7.60 Å². The summed E-state index contributed by atoms with van der Waals surface area (Å²) in [7, 11) is -4.12. The Hall–Kier alpha value is -0.830. The van der Waals surface area contributed by atoms with Gasteiger partial charge >= 0.3 is 7.60 Å². The number of benzene rings is 1. The molecule has 0 heterocycles. The Morgan fingerprint density at radius 1 is 1.06 bits per heavy atom. The maximum absolute atomic E-state index is 11.0.